The molecule has 0 saturated heterocycles. The van der Waals surface area contributed by atoms with Gasteiger partial charge < -0.3 is 20.5 Å². The van der Waals surface area contributed by atoms with E-state index in [2.05, 4.69) is 25.9 Å². The molecule has 3 aromatic rings. The SMILES string of the molecule is Cc1nc(NCCNC(=O)Nc2cccc(C)c2C)cc(-n2cccc2)n1. The van der Waals surface area contributed by atoms with Crippen molar-refractivity contribution in [1.82, 2.24) is 19.9 Å². The number of amides is 2. The molecule has 0 bridgehead atoms. The predicted octanol–water partition coefficient (Wildman–Crippen LogP) is 3.43. The van der Waals surface area contributed by atoms with Crippen LogP contribution in [0.4, 0.5) is 16.3 Å². The molecule has 0 unspecified atom stereocenters. The number of aromatic nitrogens is 3. The fourth-order valence-corrected chi connectivity index (χ4v) is 2.68. The Bertz CT molecular complexity index is 920. The van der Waals surface area contributed by atoms with Crippen molar-refractivity contribution >= 4 is 17.5 Å². The van der Waals surface area contributed by atoms with Gasteiger partial charge in [0.1, 0.15) is 17.5 Å². The maximum atomic E-state index is 12.1. The van der Waals surface area contributed by atoms with E-state index in [9.17, 15) is 4.79 Å². The number of rotatable bonds is 6. The monoisotopic (exact) mass is 364 g/mol. The van der Waals surface area contributed by atoms with Gasteiger partial charge in [0.25, 0.3) is 0 Å². The zero-order valence-corrected chi connectivity index (χ0v) is 15.8. The van der Waals surface area contributed by atoms with E-state index >= 15 is 0 Å². The van der Waals surface area contributed by atoms with Gasteiger partial charge in [-0.2, -0.15) is 0 Å². The molecule has 7 nitrogen and oxygen atoms in total. The lowest BCUT2D eigenvalue weighted by Gasteiger charge is -2.12. The number of nitrogens with zero attached hydrogens (tertiary/aromatic N) is 3. The highest BCUT2D eigenvalue weighted by Crippen LogP contribution is 2.17. The maximum absolute atomic E-state index is 12.1. The summed E-state index contributed by atoms with van der Waals surface area (Å²) in [6.07, 6.45) is 3.87. The smallest absolute Gasteiger partial charge is 0.319 e. The average Bonchev–Trinajstić information content (AvgIpc) is 3.17. The highest BCUT2D eigenvalue weighted by atomic mass is 16.2. The Morgan fingerprint density at radius 1 is 1.04 bits per heavy atom. The summed E-state index contributed by atoms with van der Waals surface area (Å²) in [6, 6.07) is 11.4. The summed E-state index contributed by atoms with van der Waals surface area (Å²) < 4.78 is 1.93. The molecule has 0 aliphatic carbocycles. The molecule has 0 radical (unpaired) electrons. The van der Waals surface area contributed by atoms with Crippen molar-refractivity contribution in [3.05, 3.63) is 65.7 Å². The van der Waals surface area contributed by atoms with Gasteiger partial charge in [-0.3, -0.25) is 0 Å². The van der Waals surface area contributed by atoms with E-state index in [4.69, 9.17) is 0 Å². The van der Waals surface area contributed by atoms with Crippen LogP contribution in [0.25, 0.3) is 5.82 Å². The number of anilines is 2. The van der Waals surface area contributed by atoms with Crippen LogP contribution >= 0.6 is 0 Å². The molecule has 0 aliphatic rings. The van der Waals surface area contributed by atoms with Crippen LogP contribution in [-0.4, -0.2) is 33.7 Å². The molecule has 2 aromatic heterocycles. The van der Waals surface area contributed by atoms with Crippen molar-refractivity contribution < 1.29 is 4.79 Å². The molecular weight excluding hydrogens is 340 g/mol. The summed E-state index contributed by atoms with van der Waals surface area (Å²) in [6.45, 7) is 6.90. The minimum absolute atomic E-state index is 0.225. The number of urea groups is 1. The Morgan fingerprint density at radius 3 is 2.59 bits per heavy atom. The van der Waals surface area contributed by atoms with E-state index < -0.39 is 0 Å². The van der Waals surface area contributed by atoms with Crippen LogP contribution in [0.2, 0.25) is 0 Å². The topological polar surface area (TPSA) is 83.9 Å². The summed E-state index contributed by atoms with van der Waals surface area (Å²) in [5.41, 5.74) is 3.04. The van der Waals surface area contributed by atoms with Crippen molar-refractivity contribution in [3.63, 3.8) is 0 Å². The van der Waals surface area contributed by atoms with Crippen molar-refractivity contribution in [2.75, 3.05) is 23.7 Å². The van der Waals surface area contributed by atoms with Crippen molar-refractivity contribution in [3.8, 4) is 5.82 Å². The molecule has 2 amide bonds. The van der Waals surface area contributed by atoms with Crippen LogP contribution in [0.3, 0.4) is 0 Å². The summed E-state index contributed by atoms with van der Waals surface area (Å²) in [4.78, 5) is 20.9. The van der Waals surface area contributed by atoms with Crippen LogP contribution in [0.1, 0.15) is 17.0 Å². The fourth-order valence-electron chi connectivity index (χ4n) is 2.68. The second-order valence-corrected chi connectivity index (χ2v) is 6.30. The Hall–Kier alpha value is -3.35. The van der Waals surface area contributed by atoms with Gasteiger partial charge in [-0.05, 0) is 50.1 Å². The molecule has 2 heterocycles. The number of carbonyl (C=O) groups excluding carboxylic acids is 1. The Kier molecular flexibility index (Phi) is 5.71. The van der Waals surface area contributed by atoms with Crippen LogP contribution in [0.5, 0.6) is 0 Å². The van der Waals surface area contributed by atoms with E-state index in [0.29, 0.717) is 18.9 Å². The molecule has 3 N–H and O–H groups in total. The van der Waals surface area contributed by atoms with Gasteiger partial charge in [0.15, 0.2) is 0 Å². The normalized spacial score (nSPS) is 10.5. The van der Waals surface area contributed by atoms with Crippen LogP contribution < -0.4 is 16.0 Å². The molecule has 0 atom stereocenters. The third-order valence-corrected chi connectivity index (χ3v) is 4.26. The van der Waals surface area contributed by atoms with Gasteiger partial charge in [-0.1, -0.05) is 12.1 Å². The van der Waals surface area contributed by atoms with E-state index in [-0.39, 0.29) is 6.03 Å². The number of hydrogen-bond acceptors (Lipinski definition) is 4. The number of hydrogen-bond donors (Lipinski definition) is 3. The number of aryl methyl sites for hydroxylation is 2. The third-order valence-electron chi connectivity index (χ3n) is 4.26. The molecule has 0 aliphatic heterocycles. The van der Waals surface area contributed by atoms with Crippen molar-refractivity contribution in [1.29, 1.82) is 0 Å². The standard InChI is InChI=1S/C20H24N6O/c1-14-7-6-8-17(15(14)2)25-20(27)22-10-9-21-18-13-19(24-16(3)23-18)26-11-4-5-12-26/h4-8,11-13H,9-10H2,1-3H3,(H,21,23,24)(H2,22,25,27). The average molecular weight is 364 g/mol. The van der Waals surface area contributed by atoms with Gasteiger partial charge in [-0.25, -0.2) is 14.8 Å². The van der Waals surface area contributed by atoms with Crippen LogP contribution in [-0.2, 0) is 0 Å². The van der Waals surface area contributed by atoms with E-state index in [0.717, 1.165) is 28.5 Å². The Morgan fingerprint density at radius 2 is 1.81 bits per heavy atom. The van der Waals surface area contributed by atoms with Gasteiger partial charge in [-0.15, -0.1) is 0 Å². The first-order valence-corrected chi connectivity index (χ1v) is 8.87. The maximum Gasteiger partial charge on any atom is 0.319 e. The lowest BCUT2D eigenvalue weighted by Crippen LogP contribution is -2.33. The molecule has 0 fully saturated rings. The number of benzene rings is 1. The van der Waals surface area contributed by atoms with E-state index in [1.807, 2.05) is 74.1 Å². The van der Waals surface area contributed by atoms with E-state index in [1.165, 1.54) is 0 Å². The van der Waals surface area contributed by atoms with Crippen LogP contribution in [0.15, 0.2) is 48.8 Å². The molecule has 3 rings (SSSR count). The lowest BCUT2D eigenvalue weighted by molar-refractivity contribution is 0.252. The summed E-state index contributed by atoms with van der Waals surface area (Å²) >= 11 is 0. The van der Waals surface area contributed by atoms with Crippen molar-refractivity contribution in [2.24, 2.45) is 0 Å². The van der Waals surface area contributed by atoms with Gasteiger partial charge in [0.2, 0.25) is 0 Å². The summed E-state index contributed by atoms with van der Waals surface area (Å²) in [5, 5.41) is 8.94. The third kappa shape index (κ3) is 4.84. The van der Waals surface area contributed by atoms with E-state index in [1.54, 1.807) is 0 Å². The van der Waals surface area contributed by atoms with Crippen LogP contribution in [0, 0.1) is 20.8 Å². The first-order valence-electron chi connectivity index (χ1n) is 8.87. The Balaban J connectivity index is 1.50. The molecule has 27 heavy (non-hydrogen) atoms. The van der Waals surface area contributed by atoms with Crippen molar-refractivity contribution in [2.45, 2.75) is 20.8 Å². The minimum atomic E-state index is -0.225. The first-order chi connectivity index (χ1) is 13.0. The molecule has 0 spiro atoms. The zero-order valence-electron chi connectivity index (χ0n) is 15.8. The number of carbonyl (C=O) groups is 1. The lowest BCUT2D eigenvalue weighted by atomic mass is 10.1. The second-order valence-electron chi connectivity index (χ2n) is 6.30. The second kappa shape index (κ2) is 8.35. The Labute approximate surface area is 158 Å². The fraction of sp³-hybridized carbons (Fsp3) is 0.250. The molecular formula is C20H24N6O. The minimum Gasteiger partial charge on any atom is -0.368 e. The van der Waals surface area contributed by atoms with Gasteiger partial charge in [0, 0.05) is 37.2 Å². The highest BCUT2D eigenvalue weighted by molar-refractivity contribution is 5.90. The molecule has 140 valence electrons. The highest BCUT2D eigenvalue weighted by Gasteiger charge is 2.06. The largest absolute Gasteiger partial charge is 0.368 e. The summed E-state index contributed by atoms with van der Waals surface area (Å²) in [7, 11) is 0. The molecule has 7 heteroatoms. The number of nitrogens with one attached hydrogen (secondary N) is 3. The molecule has 1 aromatic carbocycles. The molecule has 0 saturated carbocycles. The van der Waals surface area contributed by atoms with Gasteiger partial charge in [0.05, 0.1) is 0 Å². The van der Waals surface area contributed by atoms with Gasteiger partial charge >= 0.3 is 6.03 Å². The first kappa shape index (κ1) is 18.4. The zero-order chi connectivity index (χ0) is 19.2. The predicted molar refractivity (Wildman–Crippen MR) is 108 cm³/mol. The summed E-state index contributed by atoms with van der Waals surface area (Å²) in [5.74, 6) is 2.21. The quantitative estimate of drug-likeness (QED) is 0.585.